The molecule has 3 aliphatic rings. The highest BCUT2D eigenvalue weighted by Crippen LogP contribution is 2.60. The Morgan fingerprint density at radius 2 is 1.53 bits per heavy atom. The van der Waals surface area contributed by atoms with Gasteiger partial charge in [0.15, 0.2) is 0 Å². The van der Waals surface area contributed by atoms with Gasteiger partial charge in [0.1, 0.15) is 5.82 Å². The fraction of sp³-hybridized carbons (Fsp3) is 0.448. The molecule has 1 aromatic heterocycles. The lowest BCUT2D eigenvalue weighted by Gasteiger charge is -2.36. The Kier molecular flexibility index (Phi) is 6.36. The Morgan fingerprint density at radius 3 is 2.25 bits per heavy atom. The third-order valence-electron chi connectivity index (χ3n) is 8.41. The van der Waals surface area contributed by atoms with E-state index in [1.165, 1.54) is 17.7 Å². The van der Waals surface area contributed by atoms with Crippen molar-refractivity contribution in [3.63, 3.8) is 0 Å². The van der Waals surface area contributed by atoms with Crippen LogP contribution in [0.3, 0.4) is 0 Å². The lowest BCUT2D eigenvalue weighted by molar-refractivity contribution is -0.135. The summed E-state index contributed by atoms with van der Waals surface area (Å²) in [5.74, 6) is 0.375. The Bertz CT molecular complexity index is 1180. The van der Waals surface area contributed by atoms with Crippen LogP contribution in [0.25, 0.3) is 5.69 Å². The minimum absolute atomic E-state index is 0.224. The molecule has 1 spiro atoms. The highest BCUT2D eigenvalue weighted by Gasteiger charge is 2.59. The minimum atomic E-state index is -0.240. The zero-order valence-electron chi connectivity index (χ0n) is 20.7. The molecule has 188 valence electrons. The fourth-order valence-electron chi connectivity index (χ4n) is 6.03. The predicted octanol–water partition coefficient (Wildman–Crippen LogP) is 3.96. The maximum Gasteiger partial charge on any atom is 0.226 e. The number of carbonyl (C=O) groups is 1. The van der Waals surface area contributed by atoms with Crippen molar-refractivity contribution in [3.8, 4) is 5.69 Å². The van der Waals surface area contributed by atoms with Crippen molar-refractivity contribution in [2.75, 3.05) is 39.3 Å². The first-order chi connectivity index (χ1) is 17.6. The second kappa shape index (κ2) is 9.79. The van der Waals surface area contributed by atoms with Gasteiger partial charge >= 0.3 is 0 Å². The standard InChI is InChI=1S/C29H34FN5O/c30-25-6-8-26(9-7-25)35-22-24(19-31-35)21-32-12-10-29(11-13-32)18-27(29)28(36)34-16-14-33(15-17-34)20-23-4-2-1-3-5-23/h1-9,19,22,27H,10-18,20-21H2. The molecule has 3 aromatic rings. The highest BCUT2D eigenvalue weighted by molar-refractivity contribution is 5.83. The Morgan fingerprint density at radius 1 is 0.861 bits per heavy atom. The van der Waals surface area contributed by atoms with Gasteiger partial charge in [-0.2, -0.15) is 5.10 Å². The van der Waals surface area contributed by atoms with E-state index in [4.69, 9.17) is 0 Å². The van der Waals surface area contributed by atoms with Gasteiger partial charge in [0.05, 0.1) is 11.9 Å². The summed E-state index contributed by atoms with van der Waals surface area (Å²) in [6.07, 6.45) is 7.19. The normalized spacial score (nSPS) is 22.1. The van der Waals surface area contributed by atoms with Gasteiger partial charge in [-0.3, -0.25) is 14.6 Å². The van der Waals surface area contributed by atoms with E-state index in [0.29, 0.717) is 5.91 Å². The molecule has 0 N–H and O–H groups in total. The SMILES string of the molecule is O=C(C1CC12CCN(Cc1cnn(-c3ccc(F)cc3)c1)CC2)N1CCN(Cc2ccccc2)CC1. The van der Waals surface area contributed by atoms with E-state index < -0.39 is 0 Å². The zero-order chi connectivity index (χ0) is 24.5. The quantitative estimate of drug-likeness (QED) is 0.528. The van der Waals surface area contributed by atoms with Crippen molar-refractivity contribution in [1.82, 2.24) is 24.5 Å². The third kappa shape index (κ3) is 4.95. The first-order valence-corrected chi connectivity index (χ1v) is 13.1. The van der Waals surface area contributed by atoms with E-state index in [0.717, 1.165) is 82.9 Å². The van der Waals surface area contributed by atoms with Gasteiger partial charge in [0, 0.05) is 56.9 Å². The molecule has 3 fully saturated rings. The number of hydrogen-bond donors (Lipinski definition) is 0. The average Bonchev–Trinajstić information content (AvgIpc) is 3.41. The number of carbonyl (C=O) groups excluding carboxylic acids is 1. The largest absolute Gasteiger partial charge is 0.340 e. The van der Waals surface area contributed by atoms with Gasteiger partial charge in [-0.15, -0.1) is 0 Å². The molecule has 1 aliphatic carbocycles. The van der Waals surface area contributed by atoms with Crippen molar-refractivity contribution >= 4 is 5.91 Å². The number of aromatic nitrogens is 2. The fourth-order valence-corrected chi connectivity index (χ4v) is 6.03. The van der Waals surface area contributed by atoms with Crippen LogP contribution in [0.2, 0.25) is 0 Å². The number of halogens is 1. The van der Waals surface area contributed by atoms with E-state index in [9.17, 15) is 9.18 Å². The summed E-state index contributed by atoms with van der Waals surface area (Å²) >= 11 is 0. The van der Waals surface area contributed by atoms with Crippen LogP contribution in [0.4, 0.5) is 4.39 Å². The lowest BCUT2D eigenvalue weighted by Crippen LogP contribution is -2.49. The van der Waals surface area contributed by atoms with Gasteiger partial charge < -0.3 is 4.90 Å². The topological polar surface area (TPSA) is 44.6 Å². The first-order valence-electron chi connectivity index (χ1n) is 13.1. The second-order valence-corrected chi connectivity index (χ2v) is 10.8. The molecule has 2 aliphatic heterocycles. The second-order valence-electron chi connectivity index (χ2n) is 10.8. The van der Waals surface area contributed by atoms with E-state index >= 15 is 0 Å². The molecular formula is C29H34FN5O. The minimum Gasteiger partial charge on any atom is -0.340 e. The van der Waals surface area contributed by atoms with Crippen LogP contribution in [-0.2, 0) is 17.9 Å². The van der Waals surface area contributed by atoms with Crippen molar-refractivity contribution < 1.29 is 9.18 Å². The average molecular weight is 488 g/mol. The predicted molar refractivity (Wildman–Crippen MR) is 137 cm³/mol. The number of benzene rings is 2. The summed E-state index contributed by atoms with van der Waals surface area (Å²) in [7, 11) is 0. The van der Waals surface area contributed by atoms with Gasteiger partial charge in [-0.1, -0.05) is 30.3 Å². The van der Waals surface area contributed by atoms with E-state index in [1.54, 1.807) is 16.8 Å². The number of piperidine rings is 1. The molecule has 1 unspecified atom stereocenters. The summed E-state index contributed by atoms with van der Waals surface area (Å²) < 4.78 is 15.0. The number of nitrogens with zero attached hydrogens (tertiary/aromatic N) is 5. The molecule has 2 saturated heterocycles. The van der Waals surface area contributed by atoms with Crippen LogP contribution in [0, 0.1) is 17.2 Å². The number of piperazine rings is 1. The van der Waals surface area contributed by atoms with E-state index in [1.807, 2.05) is 12.4 Å². The summed E-state index contributed by atoms with van der Waals surface area (Å²) in [5.41, 5.74) is 3.59. The lowest BCUT2D eigenvalue weighted by atomic mass is 9.90. The molecule has 0 radical (unpaired) electrons. The molecule has 36 heavy (non-hydrogen) atoms. The molecule has 1 atom stereocenters. The van der Waals surface area contributed by atoms with Gasteiger partial charge in [-0.05, 0) is 67.6 Å². The summed E-state index contributed by atoms with van der Waals surface area (Å²) in [5, 5.41) is 4.45. The van der Waals surface area contributed by atoms with Gasteiger partial charge in [-0.25, -0.2) is 9.07 Å². The zero-order valence-corrected chi connectivity index (χ0v) is 20.7. The summed E-state index contributed by atoms with van der Waals surface area (Å²) in [6.45, 7) is 7.49. The van der Waals surface area contributed by atoms with Crippen molar-refractivity contribution in [2.24, 2.45) is 11.3 Å². The molecule has 6 rings (SSSR count). The van der Waals surface area contributed by atoms with E-state index in [-0.39, 0.29) is 17.2 Å². The molecule has 6 nitrogen and oxygen atoms in total. The number of hydrogen-bond acceptors (Lipinski definition) is 4. The molecule has 1 amide bonds. The van der Waals surface area contributed by atoms with Crippen LogP contribution in [0.15, 0.2) is 67.0 Å². The monoisotopic (exact) mass is 487 g/mol. The molecular weight excluding hydrogens is 453 g/mol. The molecule has 1 saturated carbocycles. The molecule has 0 bridgehead atoms. The van der Waals surface area contributed by atoms with Crippen molar-refractivity contribution in [2.45, 2.75) is 32.4 Å². The number of amides is 1. The number of rotatable bonds is 6. The Balaban J connectivity index is 0.963. The molecule has 3 heterocycles. The smallest absolute Gasteiger partial charge is 0.226 e. The third-order valence-corrected chi connectivity index (χ3v) is 8.41. The highest BCUT2D eigenvalue weighted by atomic mass is 19.1. The van der Waals surface area contributed by atoms with Crippen molar-refractivity contribution in [1.29, 1.82) is 0 Å². The summed E-state index contributed by atoms with van der Waals surface area (Å²) in [4.78, 5) is 20.3. The van der Waals surface area contributed by atoms with Crippen LogP contribution < -0.4 is 0 Å². The molecule has 2 aromatic carbocycles. The van der Waals surface area contributed by atoms with Gasteiger partial charge in [0.25, 0.3) is 0 Å². The van der Waals surface area contributed by atoms with E-state index in [2.05, 4.69) is 50.1 Å². The van der Waals surface area contributed by atoms with Crippen LogP contribution in [0.5, 0.6) is 0 Å². The number of likely N-dealkylation sites (tertiary alicyclic amines) is 1. The van der Waals surface area contributed by atoms with Crippen LogP contribution in [-0.4, -0.2) is 69.7 Å². The van der Waals surface area contributed by atoms with Crippen LogP contribution in [0.1, 0.15) is 30.4 Å². The van der Waals surface area contributed by atoms with Crippen molar-refractivity contribution in [3.05, 3.63) is 83.9 Å². The summed E-state index contributed by atoms with van der Waals surface area (Å²) in [6, 6.07) is 17.0. The Labute approximate surface area is 212 Å². The maximum absolute atomic E-state index is 13.3. The van der Waals surface area contributed by atoms with Crippen LogP contribution >= 0.6 is 0 Å². The maximum atomic E-state index is 13.3. The van der Waals surface area contributed by atoms with Gasteiger partial charge in [0.2, 0.25) is 5.91 Å². The molecule has 7 heteroatoms. The first kappa shape index (κ1) is 23.4. The Hall–Kier alpha value is -3.03.